The Labute approximate surface area is 127 Å². The van der Waals surface area contributed by atoms with Gasteiger partial charge in [-0.2, -0.15) is 0 Å². The number of rotatable bonds is 4. The van der Waals surface area contributed by atoms with Crippen LogP contribution in [0.25, 0.3) is 0 Å². The minimum atomic E-state index is 0.660. The molecule has 0 radical (unpaired) electrons. The monoisotopic (exact) mass is 308 g/mol. The molecule has 1 aliphatic heterocycles. The van der Waals surface area contributed by atoms with Crippen LogP contribution in [0.1, 0.15) is 16.8 Å². The number of anilines is 1. The highest BCUT2D eigenvalue weighted by molar-refractivity contribution is 6.34. The van der Waals surface area contributed by atoms with Gasteiger partial charge in [-0.3, -0.25) is 0 Å². The van der Waals surface area contributed by atoms with Gasteiger partial charge >= 0.3 is 0 Å². The maximum Gasteiger partial charge on any atom is 0.222 e. The second-order valence-corrected chi connectivity index (χ2v) is 5.60. The third-order valence-corrected chi connectivity index (χ3v) is 3.62. The molecule has 1 aromatic heterocycles. The van der Waals surface area contributed by atoms with Crippen LogP contribution in [0.15, 0.2) is 24.4 Å². The first-order valence-corrected chi connectivity index (χ1v) is 7.20. The summed E-state index contributed by atoms with van der Waals surface area (Å²) in [4.78, 5) is 8.79. The number of hydrogen-bond donors (Lipinski definition) is 2. The molecule has 4 nitrogen and oxygen atoms in total. The molecule has 2 aromatic rings. The van der Waals surface area contributed by atoms with E-state index < -0.39 is 0 Å². The predicted molar refractivity (Wildman–Crippen MR) is 81.2 cm³/mol. The third kappa shape index (κ3) is 3.20. The van der Waals surface area contributed by atoms with E-state index in [1.165, 1.54) is 5.56 Å². The van der Waals surface area contributed by atoms with E-state index in [9.17, 15) is 0 Å². The van der Waals surface area contributed by atoms with Crippen molar-refractivity contribution in [3.63, 3.8) is 0 Å². The van der Waals surface area contributed by atoms with Crippen molar-refractivity contribution in [1.82, 2.24) is 15.3 Å². The summed E-state index contributed by atoms with van der Waals surface area (Å²) in [5.41, 5.74) is 3.35. The van der Waals surface area contributed by atoms with Crippen LogP contribution in [-0.2, 0) is 19.5 Å². The van der Waals surface area contributed by atoms with Crippen molar-refractivity contribution in [3.8, 4) is 0 Å². The van der Waals surface area contributed by atoms with Gasteiger partial charge in [0.25, 0.3) is 0 Å². The van der Waals surface area contributed by atoms with Crippen molar-refractivity contribution in [1.29, 1.82) is 0 Å². The number of nitrogens with zero attached hydrogens (tertiary/aromatic N) is 2. The van der Waals surface area contributed by atoms with Gasteiger partial charge < -0.3 is 10.6 Å². The van der Waals surface area contributed by atoms with Crippen molar-refractivity contribution in [2.75, 3.05) is 11.9 Å². The Morgan fingerprint density at radius 3 is 2.75 bits per heavy atom. The highest BCUT2D eigenvalue weighted by atomic mass is 35.5. The zero-order valence-electron chi connectivity index (χ0n) is 10.8. The van der Waals surface area contributed by atoms with E-state index in [0.717, 1.165) is 37.3 Å². The van der Waals surface area contributed by atoms with E-state index in [4.69, 9.17) is 23.2 Å². The van der Waals surface area contributed by atoms with Gasteiger partial charge in [0, 0.05) is 41.4 Å². The molecule has 1 aliphatic rings. The molecular formula is C14H14Cl2N4. The fourth-order valence-electron chi connectivity index (χ4n) is 2.22. The fraction of sp³-hybridized carbons (Fsp3) is 0.286. The Morgan fingerprint density at radius 2 is 1.95 bits per heavy atom. The number of benzene rings is 1. The van der Waals surface area contributed by atoms with E-state index >= 15 is 0 Å². The van der Waals surface area contributed by atoms with Crippen LogP contribution in [0, 0.1) is 0 Å². The first-order valence-electron chi connectivity index (χ1n) is 6.45. The summed E-state index contributed by atoms with van der Waals surface area (Å²) in [5, 5.41) is 7.79. The van der Waals surface area contributed by atoms with Gasteiger partial charge in [-0.1, -0.05) is 23.2 Å². The van der Waals surface area contributed by atoms with Crippen LogP contribution < -0.4 is 10.6 Å². The summed E-state index contributed by atoms with van der Waals surface area (Å²) in [6, 6.07) is 5.57. The number of hydrogen-bond acceptors (Lipinski definition) is 4. The number of nitrogens with one attached hydrogen (secondary N) is 2. The van der Waals surface area contributed by atoms with E-state index in [1.807, 2.05) is 18.3 Å². The minimum Gasteiger partial charge on any atom is -0.354 e. The van der Waals surface area contributed by atoms with Crippen molar-refractivity contribution in [3.05, 3.63) is 51.3 Å². The average Bonchev–Trinajstić information content (AvgIpc) is 2.85. The smallest absolute Gasteiger partial charge is 0.222 e. The molecule has 0 unspecified atom stereocenters. The third-order valence-electron chi connectivity index (χ3n) is 3.18. The van der Waals surface area contributed by atoms with Gasteiger partial charge in [0.15, 0.2) is 0 Å². The Balaban J connectivity index is 1.59. The van der Waals surface area contributed by atoms with Crippen molar-refractivity contribution >= 4 is 29.2 Å². The molecule has 0 saturated carbocycles. The molecule has 0 spiro atoms. The SMILES string of the molecule is Clc1cc(Cl)cc(CCNc2ncc3c(n2)CNC3)c1. The molecule has 20 heavy (non-hydrogen) atoms. The van der Waals surface area contributed by atoms with Crippen LogP contribution in [0.4, 0.5) is 5.95 Å². The number of halogens is 2. The first-order chi connectivity index (χ1) is 9.70. The summed E-state index contributed by atoms with van der Waals surface area (Å²) < 4.78 is 0. The lowest BCUT2D eigenvalue weighted by Crippen LogP contribution is -2.09. The molecule has 0 aliphatic carbocycles. The molecule has 0 amide bonds. The molecule has 2 heterocycles. The fourth-order valence-corrected chi connectivity index (χ4v) is 2.79. The van der Waals surface area contributed by atoms with Gasteiger partial charge in [-0.15, -0.1) is 0 Å². The lowest BCUT2D eigenvalue weighted by atomic mass is 10.1. The summed E-state index contributed by atoms with van der Waals surface area (Å²) in [5.74, 6) is 0.667. The van der Waals surface area contributed by atoms with Gasteiger partial charge in [0.1, 0.15) is 0 Å². The summed E-state index contributed by atoms with van der Waals surface area (Å²) >= 11 is 11.9. The molecule has 0 bridgehead atoms. The van der Waals surface area contributed by atoms with Crippen LogP contribution in [0.2, 0.25) is 10.0 Å². The molecule has 2 N–H and O–H groups in total. The zero-order chi connectivity index (χ0) is 13.9. The van der Waals surface area contributed by atoms with Crippen molar-refractivity contribution < 1.29 is 0 Å². The van der Waals surface area contributed by atoms with Gasteiger partial charge in [-0.05, 0) is 30.2 Å². The van der Waals surface area contributed by atoms with E-state index in [1.54, 1.807) is 6.07 Å². The minimum absolute atomic E-state index is 0.660. The normalized spacial score (nSPS) is 13.3. The highest BCUT2D eigenvalue weighted by Gasteiger charge is 2.12. The van der Waals surface area contributed by atoms with Crippen LogP contribution in [0.5, 0.6) is 0 Å². The quantitative estimate of drug-likeness (QED) is 0.911. The zero-order valence-corrected chi connectivity index (χ0v) is 12.3. The summed E-state index contributed by atoms with van der Waals surface area (Å²) in [7, 11) is 0. The largest absolute Gasteiger partial charge is 0.354 e. The lowest BCUT2D eigenvalue weighted by Gasteiger charge is -2.07. The van der Waals surface area contributed by atoms with Gasteiger partial charge in [0.2, 0.25) is 5.95 Å². The molecule has 0 atom stereocenters. The van der Waals surface area contributed by atoms with Crippen LogP contribution >= 0.6 is 23.2 Å². The molecule has 6 heteroatoms. The van der Waals surface area contributed by atoms with Gasteiger partial charge in [-0.25, -0.2) is 9.97 Å². The topological polar surface area (TPSA) is 49.8 Å². The summed E-state index contributed by atoms with van der Waals surface area (Å²) in [6.45, 7) is 2.41. The lowest BCUT2D eigenvalue weighted by molar-refractivity contribution is 0.757. The second kappa shape index (κ2) is 5.95. The Hall–Kier alpha value is -1.36. The standard InChI is InChI=1S/C14H14Cl2N4/c15-11-3-9(4-12(16)5-11)1-2-18-14-19-7-10-6-17-8-13(10)20-14/h3-5,7,17H,1-2,6,8H2,(H,18,19,20). The van der Waals surface area contributed by atoms with Crippen molar-refractivity contribution in [2.24, 2.45) is 0 Å². The molecule has 1 aromatic carbocycles. The second-order valence-electron chi connectivity index (χ2n) is 4.72. The van der Waals surface area contributed by atoms with Crippen LogP contribution in [-0.4, -0.2) is 16.5 Å². The maximum absolute atomic E-state index is 5.97. The molecule has 3 rings (SSSR count). The highest BCUT2D eigenvalue weighted by Crippen LogP contribution is 2.19. The Bertz CT molecular complexity index is 610. The van der Waals surface area contributed by atoms with Gasteiger partial charge in [0.05, 0.1) is 5.69 Å². The van der Waals surface area contributed by atoms with Crippen molar-refractivity contribution in [2.45, 2.75) is 19.5 Å². The molecular weight excluding hydrogens is 295 g/mol. The Morgan fingerprint density at radius 1 is 1.15 bits per heavy atom. The number of aromatic nitrogens is 2. The maximum atomic E-state index is 5.97. The van der Waals surface area contributed by atoms with E-state index in [0.29, 0.717) is 16.0 Å². The molecule has 104 valence electrons. The predicted octanol–water partition coefficient (Wildman–Crippen LogP) is 3.04. The Kier molecular flexibility index (Phi) is 4.05. The first kappa shape index (κ1) is 13.6. The molecule has 0 fully saturated rings. The molecule has 0 saturated heterocycles. The van der Waals surface area contributed by atoms with E-state index in [2.05, 4.69) is 20.6 Å². The average molecular weight is 309 g/mol. The summed E-state index contributed by atoms with van der Waals surface area (Å²) in [6.07, 6.45) is 2.69. The van der Waals surface area contributed by atoms with E-state index in [-0.39, 0.29) is 0 Å². The number of fused-ring (bicyclic) bond motifs is 1. The van der Waals surface area contributed by atoms with Crippen LogP contribution in [0.3, 0.4) is 0 Å².